The number of anilines is 1. The van der Waals surface area contributed by atoms with E-state index in [1.54, 1.807) is 55.6 Å². The van der Waals surface area contributed by atoms with Gasteiger partial charge in [0.05, 0.1) is 17.7 Å². The molecule has 3 aromatic carbocycles. The van der Waals surface area contributed by atoms with Crippen LogP contribution in [-0.2, 0) is 32.6 Å². The molecule has 0 spiro atoms. The number of aryl methyl sites for hydroxylation is 1. The number of methoxy groups -OCH3 is 1. The summed E-state index contributed by atoms with van der Waals surface area (Å²) in [5, 5.41) is 2.62. The summed E-state index contributed by atoms with van der Waals surface area (Å²) in [4.78, 5) is 28.2. The number of benzene rings is 3. The quantitative estimate of drug-likeness (QED) is 0.377. The van der Waals surface area contributed by atoms with Crippen LogP contribution >= 0.6 is 0 Å². The Kier molecular flexibility index (Phi) is 9.90. The van der Waals surface area contributed by atoms with Crippen molar-refractivity contribution in [2.45, 2.75) is 44.2 Å². The summed E-state index contributed by atoms with van der Waals surface area (Å²) in [7, 11) is -1.01. The molecule has 8 nitrogen and oxygen atoms in total. The zero-order chi connectivity index (χ0) is 27.7. The summed E-state index contributed by atoms with van der Waals surface area (Å²) < 4.78 is 34.0. The Bertz CT molecular complexity index is 1330. The molecule has 38 heavy (non-hydrogen) atoms. The van der Waals surface area contributed by atoms with Crippen molar-refractivity contribution in [3.05, 3.63) is 90.0 Å². The number of hydrogen-bond donors (Lipinski definition) is 1. The van der Waals surface area contributed by atoms with Gasteiger partial charge < -0.3 is 15.0 Å². The Hall–Kier alpha value is -3.85. The molecule has 3 aromatic rings. The van der Waals surface area contributed by atoms with Gasteiger partial charge in [-0.05, 0) is 60.4 Å². The SMILES string of the molecule is CCc1ccc(N(CC(=O)N(Cc2cccc(OC)c2)[C@@H](CC)C(=O)NC)S(=O)(=O)c2ccccc2)cc1. The van der Waals surface area contributed by atoms with E-state index in [2.05, 4.69) is 5.32 Å². The van der Waals surface area contributed by atoms with E-state index < -0.39 is 28.5 Å². The Balaban J connectivity index is 2.05. The highest BCUT2D eigenvalue weighted by atomic mass is 32.2. The van der Waals surface area contributed by atoms with Crippen molar-refractivity contribution in [1.29, 1.82) is 0 Å². The maximum atomic E-state index is 13.9. The van der Waals surface area contributed by atoms with Gasteiger partial charge in [-0.15, -0.1) is 0 Å². The van der Waals surface area contributed by atoms with Crippen LogP contribution in [0.4, 0.5) is 5.69 Å². The van der Waals surface area contributed by atoms with Gasteiger partial charge in [-0.2, -0.15) is 0 Å². The Morgan fingerprint density at radius 3 is 2.18 bits per heavy atom. The third-order valence-corrected chi connectivity index (χ3v) is 8.15. The lowest BCUT2D eigenvalue weighted by Gasteiger charge is -2.33. The first-order chi connectivity index (χ1) is 18.2. The zero-order valence-corrected chi connectivity index (χ0v) is 23.1. The van der Waals surface area contributed by atoms with E-state index in [0.717, 1.165) is 21.9 Å². The molecular weight excluding hydrogens is 502 g/mol. The second-order valence-electron chi connectivity index (χ2n) is 8.76. The summed E-state index contributed by atoms with van der Waals surface area (Å²) in [5.74, 6) is -0.206. The zero-order valence-electron chi connectivity index (χ0n) is 22.3. The van der Waals surface area contributed by atoms with Gasteiger partial charge in [-0.3, -0.25) is 13.9 Å². The number of likely N-dealkylation sites (N-methyl/N-ethyl adjacent to an activating group) is 1. The maximum Gasteiger partial charge on any atom is 0.264 e. The van der Waals surface area contributed by atoms with Crippen molar-refractivity contribution in [2.75, 3.05) is 25.0 Å². The summed E-state index contributed by atoms with van der Waals surface area (Å²) in [5.41, 5.74) is 2.17. The fraction of sp³-hybridized carbons (Fsp3) is 0.310. The fourth-order valence-corrected chi connectivity index (χ4v) is 5.64. The second-order valence-corrected chi connectivity index (χ2v) is 10.6. The molecule has 1 N–H and O–H groups in total. The van der Waals surface area contributed by atoms with Gasteiger partial charge in [0.25, 0.3) is 10.0 Å². The first-order valence-corrected chi connectivity index (χ1v) is 14.0. The van der Waals surface area contributed by atoms with Gasteiger partial charge in [-0.25, -0.2) is 8.42 Å². The lowest BCUT2D eigenvalue weighted by molar-refractivity contribution is -0.140. The molecule has 0 aliphatic carbocycles. The van der Waals surface area contributed by atoms with E-state index in [1.165, 1.54) is 24.1 Å². The molecular formula is C29H35N3O5S. The van der Waals surface area contributed by atoms with E-state index >= 15 is 0 Å². The Labute approximate surface area is 225 Å². The minimum absolute atomic E-state index is 0.0741. The highest BCUT2D eigenvalue weighted by Gasteiger charge is 2.33. The molecule has 0 aliphatic rings. The molecule has 0 saturated heterocycles. The maximum absolute atomic E-state index is 13.9. The van der Waals surface area contributed by atoms with Gasteiger partial charge in [0.1, 0.15) is 18.3 Å². The number of nitrogens with one attached hydrogen (secondary N) is 1. The van der Waals surface area contributed by atoms with Gasteiger partial charge in [0.15, 0.2) is 0 Å². The third kappa shape index (κ3) is 6.72. The monoisotopic (exact) mass is 537 g/mol. The van der Waals surface area contributed by atoms with Gasteiger partial charge >= 0.3 is 0 Å². The largest absolute Gasteiger partial charge is 0.497 e. The van der Waals surface area contributed by atoms with Crippen molar-refractivity contribution < 1.29 is 22.7 Å². The van der Waals surface area contributed by atoms with Crippen LogP contribution in [-0.4, -0.2) is 51.9 Å². The number of carbonyl (C=O) groups is 2. The molecule has 202 valence electrons. The number of rotatable bonds is 12. The van der Waals surface area contributed by atoms with E-state index in [-0.39, 0.29) is 17.3 Å². The topological polar surface area (TPSA) is 96.0 Å². The number of ether oxygens (including phenoxy) is 1. The summed E-state index contributed by atoms with van der Waals surface area (Å²) in [6, 6.07) is 21.5. The second kappa shape index (κ2) is 13.1. The molecule has 0 unspecified atom stereocenters. The molecule has 0 aromatic heterocycles. The summed E-state index contributed by atoms with van der Waals surface area (Å²) >= 11 is 0. The van der Waals surface area contributed by atoms with Crippen molar-refractivity contribution >= 4 is 27.5 Å². The molecule has 0 heterocycles. The lowest BCUT2D eigenvalue weighted by atomic mass is 10.1. The number of hydrogen-bond acceptors (Lipinski definition) is 5. The number of sulfonamides is 1. The smallest absolute Gasteiger partial charge is 0.264 e. The van der Waals surface area contributed by atoms with Crippen LogP contribution in [0.5, 0.6) is 5.75 Å². The molecule has 0 aliphatic heterocycles. The van der Waals surface area contributed by atoms with Crippen molar-refractivity contribution in [3.63, 3.8) is 0 Å². The number of carbonyl (C=O) groups excluding carboxylic acids is 2. The minimum atomic E-state index is -4.08. The van der Waals surface area contributed by atoms with E-state index in [1.807, 2.05) is 32.0 Å². The van der Waals surface area contributed by atoms with Crippen LogP contribution in [0.15, 0.2) is 83.8 Å². The molecule has 9 heteroatoms. The normalized spacial score (nSPS) is 11.9. The lowest BCUT2D eigenvalue weighted by Crippen LogP contribution is -2.51. The number of nitrogens with zero attached hydrogens (tertiary/aromatic N) is 2. The van der Waals surface area contributed by atoms with Crippen molar-refractivity contribution in [3.8, 4) is 5.75 Å². The average Bonchev–Trinajstić information content (AvgIpc) is 2.96. The fourth-order valence-electron chi connectivity index (χ4n) is 4.20. The first kappa shape index (κ1) is 28.7. The highest BCUT2D eigenvalue weighted by molar-refractivity contribution is 7.92. The third-order valence-electron chi connectivity index (χ3n) is 6.36. The molecule has 3 rings (SSSR count). The minimum Gasteiger partial charge on any atom is -0.497 e. The predicted molar refractivity (Wildman–Crippen MR) is 148 cm³/mol. The molecule has 0 radical (unpaired) electrons. The first-order valence-electron chi connectivity index (χ1n) is 12.6. The highest BCUT2D eigenvalue weighted by Crippen LogP contribution is 2.25. The molecule has 0 saturated carbocycles. The Morgan fingerprint density at radius 1 is 0.921 bits per heavy atom. The Morgan fingerprint density at radius 2 is 1.61 bits per heavy atom. The van der Waals surface area contributed by atoms with E-state index in [9.17, 15) is 18.0 Å². The van der Waals surface area contributed by atoms with Gasteiger partial charge in [0, 0.05) is 13.6 Å². The number of amides is 2. The standard InChI is InChI=1S/C29H35N3O5S/c1-5-22-15-17-24(18-16-22)32(38(35,36)26-13-8-7-9-14-26)21-28(33)31(27(6-2)29(34)30-3)20-23-11-10-12-25(19-23)37-4/h7-19,27H,5-6,20-21H2,1-4H3,(H,30,34)/t27-/m0/s1. The predicted octanol–water partition coefficient (Wildman–Crippen LogP) is 4.01. The molecule has 0 fully saturated rings. The molecule has 2 amide bonds. The van der Waals surface area contributed by atoms with Crippen LogP contribution in [0.2, 0.25) is 0 Å². The van der Waals surface area contributed by atoms with Crippen LogP contribution in [0.25, 0.3) is 0 Å². The van der Waals surface area contributed by atoms with Crippen molar-refractivity contribution in [2.24, 2.45) is 0 Å². The van der Waals surface area contributed by atoms with E-state index in [0.29, 0.717) is 17.9 Å². The average molecular weight is 538 g/mol. The van der Waals surface area contributed by atoms with Crippen LogP contribution < -0.4 is 14.4 Å². The summed E-state index contributed by atoms with van der Waals surface area (Å²) in [6.45, 7) is 3.46. The van der Waals surface area contributed by atoms with E-state index in [4.69, 9.17) is 4.74 Å². The van der Waals surface area contributed by atoms with Crippen molar-refractivity contribution in [1.82, 2.24) is 10.2 Å². The van der Waals surface area contributed by atoms with Crippen LogP contribution in [0.1, 0.15) is 31.4 Å². The molecule has 0 bridgehead atoms. The molecule has 1 atom stereocenters. The van der Waals surface area contributed by atoms with Gasteiger partial charge in [0.2, 0.25) is 11.8 Å². The summed E-state index contributed by atoms with van der Waals surface area (Å²) in [6.07, 6.45) is 1.15. The van der Waals surface area contributed by atoms with Crippen LogP contribution in [0, 0.1) is 0 Å². The van der Waals surface area contributed by atoms with Gasteiger partial charge in [-0.1, -0.05) is 56.3 Å². The van der Waals surface area contributed by atoms with Crippen LogP contribution in [0.3, 0.4) is 0 Å².